The zero-order chi connectivity index (χ0) is 13.7. The van der Waals surface area contributed by atoms with E-state index in [1.165, 1.54) is 0 Å². The second-order valence-corrected chi connectivity index (χ2v) is 6.36. The lowest BCUT2D eigenvalue weighted by Gasteiger charge is -2.29. The van der Waals surface area contributed by atoms with Gasteiger partial charge in [0.2, 0.25) is 0 Å². The molecule has 0 aliphatic heterocycles. The number of carbonyl (C=O) groups excluding carboxylic acids is 2. The van der Waals surface area contributed by atoms with Crippen molar-refractivity contribution in [1.29, 1.82) is 0 Å². The van der Waals surface area contributed by atoms with Crippen LogP contribution in [-0.2, 0) is 9.59 Å². The molecule has 4 nitrogen and oxygen atoms in total. The Hall–Kier alpha value is 0.1000. The van der Waals surface area contributed by atoms with Gasteiger partial charge in [-0.1, -0.05) is 46.4 Å². The molecule has 104 valence electrons. The molecule has 0 spiro atoms. The van der Waals surface area contributed by atoms with E-state index >= 15 is 0 Å². The number of nitrogens with one attached hydrogen (secondary N) is 2. The fourth-order valence-corrected chi connectivity index (χ4v) is 2.16. The zero-order valence-corrected chi connectivity index (χ0v) is 12.5. The average molecular weight is 336 g/mol. The third-order valence-corrected chi connectivity index (χ3v) is 3.61. The summed E-state index contributed by atoms with van der Waals surface area (Å²) >= 11 is 21.8. The summed E-state index contributed by atoms with van der Waals surface area (Å²) in [5.74, 6) is -0.764. The van der Waals surface area contributed by atoms with Crippen molar-refractivity contribution in [1.82, 2.24) is 10.6 Å². The second-order valence-electron chi connectivity index (χ2n) is 4.17. The molecule has 2 amide bonds. The van der Waals surface area contributed by atoms with E-state index in [9.17, 15) is 9.59 Å². The third-order valence-electron chi connectivity index (χ3n) is 2.82. The van der Waals surface area contributed by atoms with Gasteiger partial charge in [-0.2, -0.15) is 0 Å². The van der Waals surface area contributed by atoms with Crippen LogP contribution >= 0.6 is 46.4 Å². The van der Waals surface area contributed by atoms with Gasteiger partial charge in [-0.3, -0.25) is 9.59 Å². The van der Waals surface area contributed by atoms with E-state index in [0.29, 0.717) is 0 Å². The SMILES string of the molecule is O=C(NC1CCC(NC(=O)C(Cl)Cl)CC1)C(Cl)Cl. The van der Waals surface area contributed by atoms with Crippen molar-refractivity contribution in [3.63, 3.8) is 0 Å². The molecule has 1 rings (SSSR count). The normalized spacial score (nSPS) is 24.1. The van der Waals surface area contributed by atoms with Crippen molar-refractivity contribution in [2.24, 2.45) is 0 Å². The number of halogens is 4. The van der Waals surface area contributed by atoms with Crippen molar-refractivity contribution < 1.29 is 9.59 Å². The van der Waals surface area contributed by atoms with Gasteiger partial charge in [-0.15, -0.1) is 0 Å². The van der Waals surface area contributed by atoms with Crippen LogP contribution in [0.15, 0.2) is 0 Å². The van der Waals surface area contributed by atoms with E-state index in [4.69, 9.17) is 46.4 Å². The monoisotopic (exact) mass is 334 g/mol. The molecular weight excluding hydrogens is 322 g/mol. The molecule has 8 heteroatoms. The fraction of sp³-hybridized carbons (Fsp3) is 0.800. The van der Waals surface area contributed by atoms with Crippen molar-refractivity contribution in [3.05, 3.63) is 0 Å². The van der Waals surface area contributed by atoms with Crippen molar-refractivity contribution >= 4 is 58.2 Å². The molecule has 0 saturated heterocycles. The summed E-state index contributed by atoms with van der Waals surface area (Å²) in [6.07, 6.45) is 3.03. The smallest absolute Gasteiger partial charge is 0.253 e. The van der Waals surface area contributed by atoms with Gasteiger partial charge in [0.1, 0.15) is 0 Å². The first kappa shape index (κ1) is 16.2. The molecule has 2 N–H and O–H groups in total. The summed E-state index contributed by atoms with van der Waals surface area (Å²) < 4.78 is 0. The van der Waals surface area contributed by atoms with Gasteiger partial charge in [0.05, 0.1) is 0 Å². The Balaban J connectivity index is 2.28. The molecule has 0 atom stereocenters. The first-order chi connectivity index (χ1) is 8.40. The van der Waals surface area contributed by atoms with Gasteiger partial charge < -0.3 is 10.6 Å². The summed E-state index contributed by atoms with van der Waals surface area (Å²) in [6.45, 7) is 0. The van der Waals surface area contributed by atoms with Crippen LogP contribution in [0.1, 0.15) is 25.7 Å². The number of carbonyl (C=O) groups is 2. The lowest BCUT2D eigenvalue weighted by atomic mass is 9.91. The molecular formula is C10H14Cl4N2O2. The van der Waals surface area contributed by atoms with E-state index in [1.54, 1.807) is 0 Å². The van der Waals surface area contributed by atoms with Gasteiger partial charge in [-0.25, -0.2) is 0 Å². The Bertz CT molecular complexity index is 274. The van der Waals surface area contributed by atoms with Crippen molar-refractivity contribution in [2.45, 2.75) is 47.4 Å². The number of amides is 2. The summed E-state index contributed by atoms with van der Waals surface area (Å²) in [4.78, 5) is 20.5. The highest BCUT2D eigenvalue weighted by Crippen LogP contribution is 2.20. The first-order valence-corrected chi connectivity index (χ1v) is 7.31. The summed E-state index contributed by atoms with van der Waals surface area (Å²) in [5.41, 5.74) is 0. The van der Waals surface area contributed by atoms with E-state index in [2.05, 4.69) is 10.6 Å². The Morgan fingerprint density at radius 3 is 1.28 bits per heavy atom. The topological polar surface area (TPSA) is 58.2 Å². The molecule has 0 bridgehead atoms. The van der Waals surface area contributed by atoms with Crippen LogP contribution in [0.3, 0.4) is 0 Å². The van der Waals surface area contributed by atoms with E-state index in [-0.39, 0.29) is 23.9 Å². The summed E-state index contributed by atoms with van der Waals surface area (Å²) in [6, 6.07) is 0.0990. The predicted octanol–water partition coefficient (Wildman–Crippen LogP) is 2.14. The molecule has 1 aliphatic carbocycles. The minimum Gasteiger partial charge on any atom is -0.351 e. The van der Waals surface area contributed by atoms with Crippen LogP contribution in [0, 0.1) is 0 Å². The van der Waals surface area contributed by atoms with Gasteiger partial charge in [0.25, 0.3) is 11.8 Å². The lowest BCUT2D eigenvalue weighted by Crippen LogP contribution is -2.45. The Kier molecular flexibility index (Phi) is 6.85. The van der Waals surface area contributed by atoms with E-state index in [1.807, 2.05) is 0 Å². The van der Waals surface area contributed by atoms with E-state index in [0.717, 1.165) is 25.7 Å². The highest BCUT2D eigenvalue weighted by molar-refractivity contribution is 6.53. The Labute approximate surface area is 126 Å². The molecule has 1 aliphatic rings. The largest absolute Gasteiger partial charge is 0.351 e. The van der Waals surface area contributed by atoms with Crippen LogP contribution in [0.2, 0.25) is 0 Å². The second kappa shape index (κ2) is 7.63. The third kappa shape index (κ3) is 5.39. The Morgan fingerprint density at radius 2 is 1.06 bits per heavy atom. The highest BCUT2D eigenvalue weighted by atomic mass is 35.5. The molecule has 1 fully saturated rings. The molecule has 0 aromatic heterocycles. The molecule has 0 heterocycles. The van der Waals surface area contributed by atoms with Crippen LogP contribution < -0.4 is 10.6 Å². The molecule has 0 aromatic carbocycles. The van der Waals surface area contributed by atoms with E-state index < -0.39 is 9.67 Å². The summed E-state index contributed by atoms with van der Waals surface area (Å²) in [5, 5.41) is 5.49. The first-order valence-electron chi connectivity index (χ1n) is 5.57. The molecule has 1 saturated carbocycles. The van der Waals surface area contributed by atoms with Gasteiger partial charge in [0.15, 0.2) is 9.67 Å². The molecule has 0 radical (unpaired) electrons. The maximum Gasteiger partial charge on any atom is 0.253 e. The number of alkyl halides is 4. The number of hydrogen-bond donors (Lipinski definition) is 2. The number of rotatable bonds is 4. The van der Waals surface area contributed by atoms with Gasteiger partial charge in [-0.05, 0) is 25.7 Å². The molecule has 0 unspecified atom stereocenters. The number of hydrogen-bond acceptors (Lipinski definition) is 2. The van der Waals surface area contributed by atoms with Crippen LogP contribution in [0.4, 0.5) is 0 Å². The highest BCUT2D eigenvalue weighted by Gasteiger charge is 2.25. The quantitative estimate of drug-likeness (QED) is 0.773. The van der Waals surface area contributed by atoms with Crippen molar-refractivity contribution in [3.8, 4) is 0 Å². The van der Waals surface area contributed by atoms with Gasteiger partial charge >= 0.3 is 0 Å². The fourth-order valence-electron chi connectivity index (χ4n) is 1.91. The van der Waals surface area contributed by atoms with Crippen LogP contribution in [0.5, 0.6) is 0 Å². The minimum absolute atomic E-state index is 0.0495. The standard InChI is InChI=1S/C10H14Cl4N2O2/c11-7(12)9(17)15-5-1-2-6(4-3-5)16-10(18)8(13)14/h5-8H,1-4H2,(H,15,17)(H,16,18). The molecule has 18 heavy (non-hydrogen) atoms. The minimum atomic E-state index is -1.05. The van der Waals surface area contributed by atoms with Crippen LogP contribution in [-0.4, -0.2) is 33.6 Å². The average Bonchev–Trinajstić information content (AvgIpc) is 2.31. The van der Waals surface area contributed by atoms with Crippen molar-refractivity contribution in [2.75, 3.05) is 0 Å². The maximum atomic E-state index is 11.3. The predicted molar refractivity (Wildman–Crippen MR) is 73.3 cm³/mol. The maximum absolute atomic E-state index is 11.3. The Morgan fingerprint density at radius 1 is 0.778 bits per heavy atom. The summed E-state index contributed by atoms with van der Waals surface area (Å²) in [7, 11) is 0. The van der Waals surface area contributed by atoms with Crippen LogP contribution in [0.25, 0.3) is 0 Å². The molecule has 0 aromatic rings. The zero-order valence-electron chi connectivity index (χ0n) is 9.47. The van der Waals surface area contributed by atoms with Gasteiger partial charge in [0, 0.05) is 12.1 Å². The lowest BCUT2D eigenvalue weighted by molar-refractivity contribution is -0.122.